The van der Waals surface area contributed by atoms with Crippen molar-refractivity contribution >= 4 is 17.7 Å². The van der Waals surface area contributed by atoms with Crippen molar-refractivity contribution in [2.24, 2.45) is 5.92 Å². The van der Waals surface area contributed by atoms with Gasteiger partial charge in [-0.3, -0.25) is 9.36 Å². The highest BCUT2D eigenvalue weighted by atomic mass is 19.3. The number of halogens is 2. The Morgan fingerprint density at radius 2 is 2.06 bits per heavy atom. The van der Waals surface area contributed by atoms with Gasteiger partial charge in [-0.2, -0.15) is 0 Å². The number of aliphatic hydroxyl groups is 1. The van der Waals surface area contributed by atoms with Crippen LogP contribution < -0.4 is 10.6 Å². The lowest BCUT2D eigenvalue weighted by Gasteiger charge is -2.15. The Balaban J connectivity index is 1.79. The van der Waals surface area contributed by atoms with Crippen molar-refractivity contribution in [3.8, 4) is 5.82 Å². The van der Waals surface area contributed by atoms with Crippen molar-refractivity contribution in [2.45, 2.75) is 59.0 Å². The highest BCUT2D eigenvalue weighted by molar-refractivity contribution is 5.94. The minimum absolute atomic E-state index is 0.127. The Kier molecular flexibility index (Phi) is 7.93. The summed E-state index contributed by atoms with van der Waals surface area (Å²) in [5, 5.41) is 16.0. The number of carbonyl (C=O) groups is 1. The zero-order valence-electron chi connectivity index (χ0n) is 19.7. The predicted octanol–water partition coefficient (Wildman–Crippen LogP) is 4.63. The van der Waals surface area contributed by atoms with Crippen LogP contribution in [0.1, 0.15) is 47.0 Å². The molecule has 1 saturated carbocycles. The van der Waals surface area contributed by atoms with Gasteiger partial charge >= 0.3 is 0 Å². The standard InChI is InChI=1S/C24H30F2N6O2/c1-5-8-16(19(33)7-3)11-15(4)18(6-2)30-23-27-9-10-32(23)21-12-20(28-14-29-21)31-22(34)17-13-24(17,25)26/h6,8-12,14,17,19,33H,5,7,13H2,1-4H3,(H,27,30)(H,28,29,31,34)/b15-11-,16-8+,18-6+. The largest absolute Gasteiger partial charge is 0.388 e. The SMILES string of the molecule is C\C=C(Nc1nccn1-c1cc(NC(=O)C2CC2(F)F)ncn1)/C(C)=C\C(=C/CC)C(O)CC. The molecule has 1 aliphatic carbocycles. The Hall–Kier alpha value is -3.40. The topological polar surface area (TPSA) is 105 Å². The highest BCUT2D eigenvalue weighted by Gasteiger charge is 2.61. The minimum atomic E-state index is -2.95. The van der Waals surface area contributed by atoms with Crippen LogP contribution in [0.15, 0.2) is 59.9 Å². The maximum Gasteiger partial charge on any atom is 0.260 e. The fourth-order valence-corrected chi connectivity index (χ4v) is 3.45. The van der Waals surface area contributed by atoms with E-state index in [1.807, 2.05) is 45.9 Å². The lowest BCUT2D eigenvalue weighted by atomic mass is 10.0. The molecular formula is C24H30F2N6O2. The van der Waals surface area contributed by atoms with Crippen LogP contribution in [0.25, 0.3) is 5.82 Å². The van der Waals surface area contributed by atoms with Crippen LogP contribution in [-0.2, 0) is 4.79 Å². The molecule has 2 aromatic heterocycles. The van der Waals surface area contributed by atoms with E-state index in [9.17, 15) is 18.7 Å². The average Bonchev–Trinajstić information content (AvgIpc) is 3.23. The fraction of sp³-hybridized carbons (Fsp3) is 0.417. The minimum Gasteiger partial charge on any atom is -0.388 e. The van der Waals surface area contributed by atoms with E-state index in [0.29, 0.717) is 18.2 Å². The van der Waals surface area contributed by atoms with E-state index in [1.165, 1.54) is 12.4 Å². The maximum atomic E-state index is 13.2. The van der Waals surface area contributed by atoms with Crippen molar-refractivity contribution in [1.29, 1.82) is 0 Å². The second-order valence-corrected chi connectivity index (χ2v) is 8.08. The van der Waals surface area contributed by atoms with Gasteiger partial charge in [0, 0.05) is 30.6 Å². The normalized spacial score (nSPS) is 19.0. The third-order valence-electron chi connectivity index (χ3n) is 5.49. The number of aromatic nitrogens is 4. The molecule has 0 aromatic carbocycles. The number of aliphatic hydroxyl groups excluding tert-OH is 1. The van der Waals surface area contributed by atoms with Crippen LogP contribution in [0.5, 0.6) is 0 Å². The third kappa shape index (κ3) is 5.93. The van der Waals surface area contributed by atoms with Gasteiger partial charge in [0.25, 0.3) is 5.92 Å². The lowest BCUT2D eigenvalue weighted by Crippen LogP contribution is -2.18. The van der Waals surface area contributed by atoms with Gasteiger partial charge in [0.2, 0.25) is 11.9 Å². The van der Waals surface area contributed by atoms with Gasteiger partial charge in [-0.05, 0) is 37.8 Å². The second kappa shape index (κ2) is 10.7. The first-order valence-electron chi connectivity index (χ1n) is 11.2. The molecule has 0 saturated heterocycles. The predicted molar refractivity (Wildman–Crippen MR) is 127 cm³/mol. The van der Waals surface area contributed by atoms with Crippen molar-refractivity contribution in [1.82, 2.24) is 19.5 Å². The van der Waals surface area contributed by atoms with Crippen LogP contribution >= 0.6 is 0 Å². The van der Waals surface area contributed by atoms with Gasteiger partial charge in [-0.1, -0.05) is 32.1 Å². The van der Waals surface area contributed by atoms with Crippen LogP contribution in [0.2, 0.25) is 0 Å². The summed E-state index contributed by atoms with van der Waals surface area (Å²) in [6, 6.07) is 1.49. The second-order valence-electron chi connectivity index (χ2n) is 8.08. The molecule has 0 radical (unpaired) electrons. The van der Waals surface area contributed by atoms with Gasteiger partial charge in [0.05, 0.1) is 6.10 Å². The molecule has 1 aliphatic rings. The zero-order chi connectivity index (χ0) is 24.9. The number of amides is 1. The van der Waals surface area contributed by atoms with Gasteiger partial charge in [-0.15, -0.1) is 0 Å². The summed E-state index contributed by atoms with van der Waals surface area (Å²) in [6.45, 7) is 7.77. The summed E-state index contributed by atoms with van der Waals surface area (Å²) in [5.41, 5.74) is 2.55. The van der Waals surface area contributed by atoms with Gasteiger partial charge in [0.15, 0.2) is 0 Å². The maximum absolute atomic E-state index is 13.2. The first-order valence-corrected chi connectivity index (χ1v) is 11.2. The molecule has 10 heteroatoms. The molecule has 0 bridgehead atoms. The number of hydrogen-bond donors (Lipinski definition) is 3. The summed E-state index contributed by atoms with van der Waals surface area (Å²) in [6.07, 6.45) is 10.8. The summed E-state index contributed by atoms with van der Waals surface area (Å²) in [5.74, 6) is -4.04. The molecule has 1 amide bonds. The fourth-order valence-electron chi connectivity index (χ4n) is 3.45. The van der Waals surface area contributed by atoms with E-state index in [2.05, 4.69) is 25.6 Å². The molecule has 8 nitrogen and oxygen atoms in total. The summed E-state index contributed by atoms with van der Waals surface area (Å²) < 4.78 is 28.0. The van der Waals surface area contributed by atoms with Crippen molar-refractivity contribution in [3.63, 3.8) is 0 Å². The average molecular weight is 473 g/mol. The number of imidazole rings is 1. The van der Waals surface area contributed by atoms with E-state index < -0.39 is 30.3 Å². The van der Waals surface area contributed by atoms with E-state index in [1.54, 1.807) is 17.0 Å². The van der Waals surface area contributed by atoms with Crippen molar-refractivity contribution < 1.29 is 18.7 Å². The van der Waals surface area contributed by atoms with Crippen LogP contribution in [-0.4, -0.2) is 42.6 Å². The Bertz CT molecular complexity index is 1120. The molecule has 2 unspecified atom stereocenters. The number of nitrogens with zero attached hydrogens (tertiary/aromatic N) is 4. The number of anilines is 2. The molecule has 0 spiro atoms. The van der Waals surface area contributed by atoms with E-state index >= 15 is 0 Å². The summed E-state index contributed by atoms with van der Waals surface area (Å²) in [7, 11) is 0. The number of rotatable bonds is 10. The van der Waals surface area contributed by atoms with Crippen LogP contribution in [0.4, 0.5) is 20.5 Å². The molecule has 3 rings (SSSR count). The van der Waals surface area contributed by atoms with E-state index in [0.717, 1.165) is 23.3 Å². The highest BCUT2D eigenvalue weighted by Crippen LogP contribution is 2.49. The molecule has 0 aliphatic heterocycles. The third-order valence-corrected chi connectivity index (χ3v) is 5.49. The van der Waals surface area contributed by atoms with Gasteiger partial charge < -0.3 is 15.7 Å². The van der Waals surface area contributed by atoms with Gasteiger partial charge in [0.1, 0.15) is 23.9 Å². The zero-order valence-corrected chi connectivity index (χ0v) is 19.7. The molecule has 182 valence electrons. The molecule has 34 heavy (non-hydrogen) atoms. The first-order chi connectivity index (χ1) is 16.2. The summed E-state index contributed by atoms with van der Waals surface area (Å²) >= 11 is 0. The monoisotopic (exact) mass is 472 g/mol. The van der Waals surface area contributed by atoms with Crippen molar-refractivity contribution in [2.75, 3.05) is 10.6 Å². The van der Waals surface area contributed by atoms with Crippen LogP contribution in [0, 0.1) is 5.92 Å². The molecular weight excluding hydrogens is 442 g/mol. The Morgan fingerprint density at radius 3 is 2.68 bits per heavy atom. The smallest absolute Gasteiger partial charge is 0.260 e. The summed E-state index contributed by atoms with van der Waals surface area (Å²) in [4.78, 5) is 24.5. The Morgan fingerprint density at radius 1 is 1.32 bits per heavy atom. The quantitative estimate of drug-likeness (QED) is 0.436. The number of hydrogen-bond acceptors (Lipinski definition) is 6. The number of nitrogens with one attached hydrogen (secondary N) is 2. The van der Waals surface area contributed by atoms with Crippen molar-refractivity contribution in [3.05, 3.63) is 59.9 Å². The van der Waals surface area contributed by atoms with Gasteiger partial charge in [-0.25, -0.2) is 23.7 Å². The van der Waals surface area contributed by atoms with E-state index in [4.69, 9.17) is 0 Å². The molecule has 2 aromatic rings. The molecule has 1 fully saturated rings. The number of alkyl halides is 2. The molecule has 2 atom stereocenters. The number of carbonyl (C=O) groups excluding carboxylic acids is 1. The lowest BCUT2D eigenvalue weighted by molar-refractivity contribution is -0.119. The van der Waals surface area contributed by atoms with Crippen LogP contribution in [0.3, 0.4) is 0 Å². The molecule has 3 N–H and O–H groups in total. The first kappa shape index (κ1) is 25.2. The van der Waals surface area contributed by atoms with E-state index in [-0.39, 0.29) is 5.82 Å². The Labute approximate surface area is 197 Å². The number of allylic oxidation sites excluding steroid dienone is 3. The molecule has 2 heterocycles.